The monoisotopic (exact) mass is 367 g/mol. The zero-order valence-electron chi connectivity index (χ0n) is 16.0. The molecule has 6 heteroatoms. The molecule has 0 radical (unpaired) electrons. The number of carboxylic acid groups (broad SMARTS) is 1. The highest BCUT2D eigenvalue weighted by Gasteiger charge is 2.47. The second-order valence-electron chi connectivity index (χ2n) is 8.00. The highest BCUT2D eigenvalue weighted by atomic mass is 16.4. The molecule has 1 saturated heterocycles. The summed E-state index contributed by atoms with van der Waals surface area (Å²) >= 11 is 0. The summed E-state index contributed by atoms with van der Waals surface area (Å²) in [6.45, 7) is 6.78. The molecule has 27 heavy (non-hydrogen) atoms. The second-order valence-corrected chi connectivity index (χ2v) is 8.00. The van der Waals surface area contributed by atoms with Crippen LogP contribution in [0, 0.1) is 38.5 Å². The molecule has 2 atom stereocenters. The molecule has 1 amide bonds. The van der Waals surface area contributed by atoms with Crippen LogP contribution in [0.15, 0.2) is 24.4 Å². The third-order valence-electron chi connectivity index (χ3n) is 6.03. The maximum atomic E-state index is 13.1. The number of likely N-dealkylation sites (tertiary alicyclic amines) is 1. The van der Waals surface area contributed by atoms with Gasteiger partial charge in [-0.3, -0.25) is 9.59 Å². The molecule has 2 fully saturated rings. The van der Waals surface area contributed by atoms with Crippen molar-refractivity contribution >= 4 is 11.9 Å². The number of rotatable bonds is 4. The lowest BCUT2D eigenvalue weighted by molar-refractivity contribution is -0.142. The van der Waals surface area contributed by atoms with E-state index >= 15 is 0 Å². The summed E-state index contributed by atoms with van der Waals surface area (Å²) in [5.74, 6) is -0.803. The Kier molecular flexibility index (Phi) is 4.29. The molecule has 6 nitrogen and oxygen atoms in total. The third kappa shape index (κ3) is 3.13. The molecule has 2 aliphatic rings. The first-order chi connectivity index (χ1) is 12.9. The van der Waals surface area contributed by atoms with Gasteiger partial charge >= 0.3 is 5.97 Å². The van der Waals surface area contributed by atoms with Gasteiger partial charge in [0, 0.05) is 13.1 Å². The highest BCUT2D eigenvalue weighted by molar-refractivity contribution is 5.96. The summed E-state index contributed by atoms with van der Waals surface area (Å²) in [5.41, 5.74) is 4.53. The molecular weight excluding hydrogens is 342 g/mol. The maximum Gasteiger partial charge on any atom is 0.308 e. The number of amides is 1. The zero-order valence-corrected chi connectivity index (χ0v) is 16.0. The normalized spacial score (nSPS) is 22.3. The number of hydrogen-bond donors (Lipinski definition) is 1. The Labute approximate surface area is 158 Å². The Bertz CT molecular complexity index is 913. The van der Waals surface area contributed by atoms with E-state index in [-0.39, 0.29) is 11.8 Å². The fourth-order valence-electron chi connectivity index (χ4n) is 4.24. The Hall–Kier alpha value is -2.63. The van der Waals surface area contributed by atoms with Crippen molar-refractivity contribution in [3.63, 3.8) is 0 Å². The van der Waals surface area contributed by atoms with E-state index in [1.54, 1.807) is 15.8 Å². The Morgan fingerprint density at radius 1 is 1.15 bits per heavy atom. The van der Waals surface area contributed by atoms with Gasteiger partial charge in [0.25, 0.3) is 5.91 Å². The summed E-state index contributed by atoms with van der Waals surface area (Å²) in [4.78, 5) is 26.4. The van der Waals surface area contributed by atoms with Gasteiger partial charge in [-0.05, 0) is 62.6 Å². The zero-order chi connectivity index (χ0) is 19.3. The first kappa shape index (κ1) is 17.8. The molecule has 1 saturated carbocycles. The van der Waals surface area contributed by atoms with Crippen LogP contribution in [0.3, 0.4) is 0 Å². The molecule has 1 N–H and O–H groups in total. The van der Waals surface area contributed by atoms with E-state index in [1.165, 1.54) is 0 Å². The summed E-state index contributed by atoms with van der Waals surface area (Å²) in [7, 11) is 0. The fourth-order valence-corrected chi connectivity index (χ4v) is 4.24. The molecule has 1 aromatic carbocycles. The van der Waals surface area contributed by atoms with Crippen molar-refractivity contribution < 1.29 is 14.7 Å². The van der Waals surface area contributed by atoms with Crippen LogP contribution in [0.2, 0.25) is 0 Å². The SMILES string of the molecule is Cc1ccc(C)c(-n2ncc(C(=O)N3C[C@H](C(=O)O)[C@@H](C4CC4)C3)c2C)c1. The number of carbonyl (C=O) groups is 2. The number of benzene rings is 1. The van der Waals surface area contributed by atoms with E-state index in [9.17, 15) is 14.7 Å². The van der Waals surface area contributed by atoms with Gasteiger partial charge in [0.2, 0.25) is 0 Å². The van der Waals surface area contributed by atoms with Gasteiger partial charge in [-0.1, -0.05) is 12.1 Å². The number of carbonyl (C=O) groups excluding carboxylic acids is 1. The lowest BCUT2D eigenvalue weighted by Gasteiger charge is -2.16. The Morgan fingerprint density at radius 3 is 2.56 bits per heavy atom. The van der Waals surface area contributed by atoms with Crippen molar-refractivity contribution in [1.82, 2.24) is 14.7 Å². The minimum Gasteiger partial charge on any atom is -0.481 e. The first-order valence-electron chi connectivity index (χ1n) is 9.51. The molecule has 2 heterocycles. The molecule has 142 valence electrons. The average molecular weight is 367 g/mol. The van der Waals surface area contributed by atoms with Crippen LogP contribution in [-0.2, 0) is 4.79 Å². The van der Waals surface area contributed by atoms with E-state index in [1.807, 2.05) is 26.8 Å². The van der Waals surface area contributed by atoms with Crippen molar-refractivity contribution in [2.45, 2.75) is 33.6 Å². The van der Waals surface area contributed by atoms with E-state index < -0.39 is 11.9 Å². The molecule has 1 aliphatic heterocycles. The molecular formula is C21H25N3O3. The fraction of sp³-hybridized carbons (Fsp3) is 0.476. The molecule has 2 aromatic rings. The minimum atomic E-state index is -0.787. The van der Waals surface area contributed by atoms with Crippen molar-refractivity contribution in [2.24, 2.45) is 17.8 Å². The number of carboxylic acids is 1. The number of hydrogen-bond acceptors (Lipinski definition) is 3. The van der Waals surface area contributed by atoms with Gasteiger partial charge in [-0.15, -0.1) is 0 Å². The second kappa shape index (κ2) is 6.51. The lowest BCUT2D eigenvalue weighted by Crippen LogP contribution is -2.30. The van der Waals surface area contributed by atoms with Gasteiger partial charge in [-0.25, -0.2) is 4.68 Å². The lowest BCUT2D eigenvalue weighted by atomic mass is 9.92. The number of aliphatic carboxylic acids is 1. The van der Waals surface area contributed by atoms with Crippen LogP contribution >= 0.6 is 0 Å². The van der Waals surface area contributed by atoms with Crippen molar-refractivity contribution in [1.29, 1.82) is 0 Å². The standard InChI is InChI=1S/C21H25N3O3/c1-12-4-5-13(2)19(8-12)24-14(3)16(9-22-24)20(25)23-10-17(15-6-7-15)18(11-23)21(26)27/h4-5,8-9,15,17-18H,6-7,10-11H2,1-3H3,(H,26,27)/t17-,18+/m1/s1. The molecule has 0 unspecified atom stereocenters. The van der Waals surface area contributed by atoms with Crippen molar-refractivity contribution in [3.05, 3.63) is 46.8 Å². The smallest absolute Gasteiger partial charge is 0.308 e. The Morgan fingerprint density at radius 2 is 1.89 bits per heavy atom. The van der Waals surface area contributed by atoms with Crippen LogP contribution in [0.4, 0.5) is 0 Å². The quantitative estimate of drug-likeness (QED) is 0.901. The summed E-state index contributed by atoms with van der Waals surface area (Å²) in [6.07, 6.45) is 3.78. The van der Waals surface area contributed by atoms with Crippen LogP contribution in [0.25, 0.3) is 5.69 Å². The molecule has 4 rings (SSSR count). The number of nitrogens with zero attached hydrogens (tertiary/aromatic N) is 3. The van der Waals surface area contributed by atoms with Gasteiger partial charge in [0.15, 0.2) is 0 Å². The topological polar surface area (TPSA) is 75.4 Å². The average Bonchev–Trinajstić information content (AvgIpc) is 3.26. The van der Waals surface area contributed by atoms with E-state index in [2.05, 4.69) is 17.2 Å². The summed E-state index contributed by atoms with van der Waals surface area (Å²) in [5, 5.41) is 14.0. The van der Waals surface area contributed by atoms with E-state index in [0.717, 1.165) is 35.3 Å². The molecule has 1 aliphatic carbocycles. The largest absolute Gasteiger partial charge is 0.481 e. The predicted octanol–water partition coefficient (Wildman–Crippen LogP) is 2.98. The van der Waals surface area contributed by atoms with Crippen molar-refractivity contribution in [2.75, 3.05) is 13.1 Å². The van der Waals surface area contributed by atoms with Gasteiger partial charge in [-0.2, -0.15) is 5.10 Å². The van der Waals surface area contributed by atoms with E-state index in [0.29, 0.717) is 24.6 Å². The molecule has 0 spiro atoms. The number of aryl methyl sites for hydroxylation is 2. The molecule has 1 aromatic heterocycles. The van der Waals surface area contributed by atoms with Crippen LogP contribution in [0.5, 0.6) is 0 Å². The van der Waals surface area contributed by atoms with Crippen LogP contribution in [-0.4, -0.2) is 44.8 Å². The van der Waals surface area contributed by atoms with Crippen LogP contribution < -0.4 is 0 Å². The maximum absolute atomic E-state index is 13.1. The highest BCUT2D eigenvalue weighted by Crippen LogP contribution is 2.44. The predicted molar refractivity (Wildman–Crippen MR) is 101 cm³/mol. The number of aromatic nitrogens is 2. The third-order valence-corrected chi connectivity index (χ3v) is 6.03. The van der Waals surface area contributed by atoms with Gasteiger partial charge in [0.05, 0.1) is 29.1 Å². The van der Waals surface area contributed by atoms with Crippen molar-refractivity contribution in [3.8, 4) is 5.69 Å². The van der Waals surface area contributed by atoms with E-state index in [4.69, 9.17) is 0 Å². The summed E-state index contributed by atoms with van der Waals surface area (Å²) in [6, 6.07) is 6.16. The summed E-state index contributed by atoms with van der Waals surface area (Å²) < 4.78 is 1.80. The molecule has 0 bridgehead atoms. The van der Waals surface area contributed by atoms with Gasteiger partial charge in [0.1, 0.15) is 0 Å². The first-order valence-corrected chi connectivity index (χ1v) is 9.51. The minimum absolute atomic E-state index is 0.0841. The van der Waals surface area contributed by atoms with Gasteiger partial charge < -0.3 is 10.0 Å². The van der Waals surface area contributed by atoms with Crippen LogP contribution in [0.1, 0.15) is 40.0 Å². The Balaban J connectivity index is 1.61.